The zero-order chi connectivity index (χ0) is 22.2. The van der Waals surface area contributed by atoms with Crippen molar-refractivity contribution in [3.63, 3.8) is 0 Å². The molecular formula is C23H23FN6O. The molecule has 3 heterocycles. The monoisotopic (exact) mass is 418 g/mol. The fourth-order valence-electron chi connectivity index (χ4n) is 3.23. The summed E-state index contributed by atoms with van der Waals surface area (Å²) < 4.78 is 15.9. The third-order valence-corrected chi connectivity index (χ3v) is 4.88. The van der Waals surface area contributed by atoms with E-state index in [-0.39, 0.29) is 16.9 Å². The molecule has 158 valence electrons. The van der Waals surface area contributed by atoms with Crippen molar-refractivity contribution < 1.29 is 9.18 Å². The number of aromatic nitrogens is 5. The van der Waals surface area contributed by atoms with Crippen LogP contribution in [-0.2, 0) is 5.54 Å². The van der Waals surface area contributed by atoms with Crippen LogP contribution < -0.4 is 5.32 Å². The maximum Gasteiger partial charge on any atom is 0.273 e. The summed E-state index contributed by atoms with van der Waals surface area (Å²) in [6, 6.07) is 9.47. The summed E-state index contributed by atoms with van der Waals surface area (Å²) >= 11 is 0. The Kier molecular flexibility index (Phi) is 5.14. The van der Waals surface area contributed by atoms with Crippen LogP contribution >= 0.6 is 0 Å². The van der Waals surface area contributed by atoms with Crippen LogP contribution in [0.5, 0.6) is 0 Å². The molecule has 8 heteroatoms. The Morgan fingerprint density at radius 3 is 2.52 bits per heavy atom. The molecule has 1 aromatic carbocycles. The predicted molar refractivity (Wildman–Crippen MR) is 117 cm³/mol. The Morgan fingerprint density at radius 1 is 1.10 bits per heavy atom. The SMILES string of the molecule is Cc1ccc(-c2ncn(C(C)(C)C)c2-c2ncc(C(=O)Nc3ccncc3F)[nH]2)cc1. The molecular weight excluding hydrogens is 395 g/mol. The number of pyridine rings is 1. The number of hydrogen-bond acceptors (Lipinski definition) is 4. The van der Waals surface area contributed by atoms with E-state index in [9.17, 15) is 9.18 Å². The van der Waals surface area contributed by atoms with Gasteiger partial charge < -0.3 is 14.9 Å². The summed E-state index contributed by atoms with van der Waals surface area (Å²) in [6.45, 7) is 8.24. The molecule has 0 aliphatic carbocycles. The second-order valence-corrected chi connectivity index (χ2v) is 8.30. The van der Waals surface area contributed by atoms with Crippen LogP contribution in [0.3, 0.4) is 0 Å². The maximum absolute atomic E-state index is 13.8. The molecule has 0 atom stereocenters. The average Bonchev–Trinajstić information content (AvgIpc) is 3.37. The van der Waals surface area contributed by atoms with Crippen molar-refractivity contribution in [3.05, 3.63) is 72.3 Å². The van der Waals surface area contributed by atoms with Crippen LogP contribution in [0.1, 0.15) is 36.8 Å². The molecule has 31 heavy (non-hydrogen) atoms. The number of aromatic amines is 1. The van der Waals surface area contributed by atoms with Gasteiger partial charge >= 0.3 is 0 Å². The number of imidazole rings is 2. The van der Waals surface area contributed by atoms with Gasteiger partial charge in [0.05, 0.1) is 30.1 Å². The number of nitrogens with zero attached hydrogens (tertiary/aromatic N) is 4. The topological polar surface area (TPSA) is 88.5 Å². The molecule has 7 nitrogen and oxygen atoms in total. The van der Waals surface area contributed by atoms with Gasteiger partial charge in [0.25, 0.3) is 5.91 Å². The van der Waals surface area contributed by atoms with Crippen molar-refractivity contribution in [3.8, 4) is 22.8 Å². The van der Waals surface area contributed by atoms with Gasteiger partial charge in [-0.2, -0.15) is 0 Å². The van der Waals surface area contributed by atoms with Gasteiger partial charge in [0, 0.05) is 17.3 Å². The second-order valence-electron chi connectivity index (χ2n) is 8.30. The first-order chi connectivity index (χ1) is 14.7. The van der Waals surface area contributed by atoms with Gasteiger partial charge in [-0.05, 0) is 33.8 Å². The lowest BCUT2D eigenvalue weighted by Crippen LogP contribution is -2.22. The lowest BCUT2D eigenvalue weighted by atomic mass is 10.1. The zero-order valence-corrected chi connectivity index (χ0v) is 17.8. The minimum atomic E-state index is -0.608. The van der Waals surface area contributed by atoms with E-state index in [2.05, 4.69) is 46.0 Å². The van der Waals surface area contributed by atoms with E-state index in [0.29, 0.717) is 5.82 Å². The lowest BCUT2D eigenvalue weighted by molar-refractivity contribution is 0.102. The Hall–Kier alpha value is -3.81. The molecule has 0 saturated carbocycles. The quantitative estimate of drug-likeness (QED) is 0.499. The normalized spacial score (nSPS) is 11.5. The Labute approximate surface area is 179 Å². The van der Waals surface area contributed by atoms with Gasteiger partial charge in [-0.25, -0.2) is 14.4 Å². The number of carbonyl (C=O) groups is 1. The van der Waals surface area contributed by atoms with Crippen molar-refractivity contribution in [2.45, 2.75) is 33.2 Å². The second kappa shape index (κ2) is 7.79. The number of rotatable bonds is 4. The Bertz CT molecular complexity index is 1230. The summed E-state index contributed by atoms with van der Waals surface area (Å²) in [7, 11) is 0. The first kappa shape index (κ1) is 20.5. The van der Waals surface area contributed by atoms with Gasteiger partial charge in [-0.1, -0.05) is 29.8 Å². The third kappa shape index (κ3) is 4.09. The molecule has 1 amide bonds. The number of hydrogen-bond donors (Lipinski definition) is 2. The van der Waals surface area contributed by atoms with Crippen molar-refractivity contribution in [2.75, 3.05) is 5.32 Å². The number of halogens is 1. The van der Waals surface area contributed by atoms with E-state index < -0.39 is 11.7 Å². The van der Waals surface area contributed by atoms with Gasteiger partial charge in [-0.3, -0.25) is 9.78 Å². The van der Waals surface area contributed by atoms with Crippen LogP contribution in [-0.4, -0.2) is 30.4 Å². The van der Waals surface area contributed by atoms with Gasteiger partial charge in [0.2, 0.25) is 0 Å². The largest absolute Gasteiger partial charge is 0.333 e. The minimum absolute atomic E-state index is 0.0521. The van der Waals surface area contributed by atoms with Crippen LogP contribution in [0.25, 0.3) is 22.8 Å². The van der Waals surface area contributed by atoms with E-state index >= 15 is 0 Å². The van der Waals surface area contributed by atoms with Crippen LogP contribution in [0.15, 0.2) is 55.2 Å². The smallest absolute Gasteiger partial charge is 0.273 e. The number of H-pyrrole nitrogens is 1. The van der Waals surface area contributed by atoms with Crippen molar-refractivity contribution in [2.24, 2.45) is 0 Å². The van der Waals surface area contributed by atoms with Crippen molar-refractivity contribution >= 4 is 11.6 Å². The molecule has 0 aliphatic heterocycles. The first-order valence-electron chi connectivity index (χ1n) is 9.85. The van der Waals surface area contributed by atoms with Gasteiger partial charge in [0.1, 0.15) is 11.4 Å². The summed E-state index contributed by atoms with van der Waals surface area (Å²) in [6.07, 6.45) is 5.67. The standard InChI is InChI=1S/C23H23FN6O/c1-14-5-7-15(8-6-14)19-20(30(13-27-19)23(2,3)4)21-26-12-18(28-21)22(31)29-17-9-10-25-11-16(17)24/h5-13H,1-4H3,(H,26,28)(H,25,29,31). The number of aryl methyl sites for hydroxylation is 1. The minimum Gasteiger partial charge on any atom is -0.333 e. The first-order valence-corrected chi connectivity index (χ1v) is 9.85. The van der Waals surface area contributed by atoms with E-state index in [4.69, 9.17) is 0 Å². The number of carbonyl (C=O) groups excluding carboxylic acids is 1. The van der Waals surface area contributed by atoms with Crippen LogP contribution in [0.4, 0.5) is 10.1 Å². The molecule has 0 aliphatic rings. The Balaban J connectivity index is 1.74. The maximum atomic E-state index is 13.8. The van der Waals surface area contributed by atoms with Crippen LogP contribution in [0, 0.1) is 12.7 Å². The highest BCUT2D eigenvalue weighted by molar-refractivity contribution is 6.03. The molecule has 0 spiro atoms. The Morgan fingerprint density at radius 2 is 1.84 bits per heavy atom. The molecule has 3 aromatic heterocycles. The summed E-state index contributed by atoms with van der Waals surface area (Å²) in [5.74, 6) is -0.603. The highest BCUT2D eigenvalue weighted by atomic mass is 19.1. The summed E-state index contributed by atoms with van der Waals surface area (Å²) in [4.78, 5) is 28.5. The zero-order valence-electron chi connectivity index (χ0n) is 17.8. The molecule has 2 N–H and O–H groups in total. The van der Waals surface area contributed by atoms with E-state index in [0.717, 1.165) is 28.7 Å². The molecule has 0 bridgehead atoms. The van der Waals surface area contributed by atoms with Crippen molar-refractivity contribution in [1.29, 1.82) is 0 Å². The predicted octanol–water partition coefficient (Wildman–Crippen LogP) is 4.79. The van der Waals surface area contributed by atoms with E-state index in [1.165, 1.54) is 18.5 Å². The number of anilines is 1. The highest BCUT2D eigenvalue weighted by Crippen LogP contribution is 2.33. The van der Waals surface area contributed by atoms with Gasteiger partial charge in [0.15, 0.2) is 11.6 Å². The number of benzene rings is 1. The molecule has 0 fully saturated rings. The third-order valence-electron chi connectivity index (χ3n) is 4.88. The fourth-order valence-corrected chi connectivity index (χ4v) is 3.23. The number of nitrogens with one attached hydrogen (secondary N) is 2. The molecule has 0 unspecified atom stereocenters. The molecule has 0 saturated heterocycles. The molecule has 4 aromatic rings. The van der Waals surface area contributed by atoms with E-state index in [1.807, 2.05) is 35.8 Å². The lowest BCUT2D eigenvalue weighted by Gasteiger charge is -2.23. The average molecular weight is 418 g/mol. The van der Waals surface area contributed by atoms with Gasteiger partial charge in [-0.15, -0.1) is 0 Å². The summed E-state index contributed by atoms with van der Waals surface area (Å²) in [5.41, 5.74) is 3.63. The highest BCUT2D eigenvalue weighted by Gasteiger charge is 2.25. The molecule has 4 rings (SSSR count). The van der Waals surface area contributed by atoms with E-state index in [1.54, 1.807) is 6.33 Å². The fraction of sp³-hybridized carbons (Fsp3) is 0.217. The number of amides is 1. The molecule has 0 radical (unpaired) electrons. The van der Waals surface area contributed by atoms with Crippen molar-refractivity contribution in [1.82, 2.24) is 24.5 Å². The summed E-state index contributed by atoms with van der Waals surface area (Å²) in [5, 5.41) is 2.53. The van der Waals surface area contributed by atoms with Crippen LogP contribution in [0.2, 0.25) is 0 Å².